The van der Waals surface area contributed by atoms with Crippen LogP contribution >= 0.6 is 0 Å². The predicted molar refractivity (Wildman–Crippen MR) is 70.3 cm³/mol. The number of halogens is 2. The summed E-state index contributed by atoms with van der Waals surface area (Å²) in [6, 6.07) is 6.08. The lowest BCUT2D eigenvalue weighted by molar-refractivity contribution is 0.0954. The highest BCUT2D eigenvalue weighted by Gasteiger charge is 2.08. The molecule has 0 aliphatic heterocycles. The van der Waals surface area contributed by atoms with Gasteiger partial charge >= 0.3 is 0 Å². The van der Waals surface area contributed by atoms with Crippen LogP contribution in [0.15, 0.2) is 47.8 Å². The molecule has 0 saturated heterocycles. The fourth-order valence-corrected chi connectivity index (χ4v) is 1.54. The number of hydrogen-bond acceptors (Lipinski definition) is 3. The van der Waals surface area contributed by atoms with Gasteiger partial charge in [0.25, 0.3) is 5.91 Å². The predicted octanol–water partition coefficient (Wildman–Crippen LogP) is 2.51. The van der Waals surface area contributed by atoms with E-state index in [1.54, 1.807) is 0 Å². The summed E-state index contributed by atoms with van der Waals surface area (Å²) in [5, 5.41) is 3.76. The molecule has 4 nitrogen and oxygen atoms in total. The Morgan fingerprint density at radius 2 is 1.90 bits per heavy atom. The zero-order valence-electron chi connectivity index (χ0n) is 10.6. The van der Waals surface area contributed by atoms with Gasteiger partial charge in [0.1, 0.15) is 11.6 Å². The third-order valence-electron chi connectivity index (χ3n) is 2.59. The first-order chi connectivity index (χ1) is 9.58. The number of benzene rings is 1. The molecule has 0 unspecified atom stereocenters. The fourth-order valence-electron chi connectivity index (χ4n) is 1.54. The molecule has 1 heterocycles. The molecular formula is C14H11F2N3O. The SMILES string of the molecule is C/C(=N/NC(=O)c1ccncc1)c1cc(F)ccc1F. The molecule has 0 fully saturated rings. The van der Waals surface area contributed by atoms with Crippen LogP contribution in [0.3, 0.4) is 0 Å². The van der Waals surface area contributed by atoms with Crippen molar-refractivity contribution in [3.8, 4) is 0 Å². The number of amides is 1. The molecule has 1 aromatic heterocycles. The normalized spacial score (nSPS) is 11.2. The van der Waals surface area contributed by atoms with Gasteiger partial charge in [0, 0.05) is 23.5 Å². The van der Waals surface area contributed by atoms with Gasteiger partial charge in [-0.05, 0) is 37.3 Å². The average Bonchev–Trinajstić information content (AvgIpc) is 2.47. The van der Waals surface area contributed by atoms with Gasteiger partial charge in [-0.2, -0.15) is 5.10 Å². The van der Waals surface area contributed by atoms with E-state index in [0.717, 1.165) is 18.2 Å². The summed E-state index contributed by atoms with van der Waals surface area (Å²) < 4.78 is 26.6. The van der Waals surface area contributed by atoms with E-state index in [4.69, 9.17) is 0 Å². The lowest BCUT2D eigenvalue weighted by Gasteiger charge is -2.04. The standard InChI is InChI=1S/C14H11F2N3O/c1-9(12-8-11(15)2-3-13(12)16)18-19-14(20)10-4-6-17-7-5-10/h2-8H,1H3,(H,19,20)/b18-9-. The number of nitrogens with zero attached hydrogens (tertiary/aromatic N) is 2. The summed E-state index contributed by atoms with van der Waals surface area (Å²) in [4.78, 5) is 15.5. The van der Waals surface area contributed by atoms with E-state index < -0.39 is 17.5 Å². The molecule has 0 saturated carbocycles. The maximum absolute atomic E-state index is 13.5. The molecule has 2 rings (SSSR count). The Hall–Kier alpha value is -2.63. The van der Waals surface area contributed by atoms with Gasteiger partial charge in [0.15, 0.2) is 0 Å². The smallest absolute Gasteiger partial charge is 0.267 e. The second kappa shape index (κ2) is 6.01. The van der Waals surface area contributed by atoms with Crippen LogP contribution < -0.4 is 5.43 Å². The van der Waals surface area contributed by atoms with Crippen molar-refractivity contribution in [1.82, 2.24) is 10.4 Å². The van der Waals surface area contributed by atoms with E-state index in [2.05, 4.69) is 15.5 Å². The topological polar surface area (TPSA) is 54.4 Å². The summed E-state index contributed by atoms with van der Waals surface area (Å²) in [6.07, 6.45) is 2.94. The molecule has 0 radical (unpaired) electrons. The molecule has 0 atom stereocenters. The minimum atomic E-state index is -0.606. The van der Waals surface area contributed by atoms with Crippen LogP contribution in [-0.4, -0.2) is 16.6 Å². The molecule has 102 valence electrons. The number of hydrogen-bond donors (Lipinski definition) is 1. The molecule has 2 aromatic rings. The van der Waals surface area contributed by atoms with E-state index in [1.807, 2.05) is 0 Å². The Kier molecular flexibility index (Phi) is 4.14. The Morgan fingerprint density at radius 1 is 1.20 bits per heavy atom. The molecule has 0 aliphatic carbocycles. The van der Waals surface area contributed by atoms with Crippen LogP contribution in [-0.2, 0) is 0 Å². The Labute approximate surface area is 114 Å². The van der Waals surface area contributed by atoms with Crippen molar-refractivity contribution in [3.05, 3.63) is 65.5 Å². The molecule has 20 heavy (non-hydrogen) atoms. The number of hydrazone groups is 1. The second-order valence-electron chi connectivity index (χ2n) is 4.00. The molecule has 0 spiro atoms. The maximum Gasteiger partial charge on any atom is 0.271 e. The Balaban J connectivity index is 2.15. The third-order valence-corrected chi connectivity index (χ3v) is 2.59. The van der Waals surface area contributed by atoms with Gasteiger partial charge in [-0.3, -0.25) is 9.78 Å². The van der Waals surface area contributed by atoms with E-state index in [9.17, 15) is 13.6 Å². The monoisotopic (exact) mass is 275 g/mol. The maximum atomic E-state index is 13.5. The van der Waals surface area contributed by atoms with Gasteiger partial charge in [-0.15, -0.1) is 0 Å². The fraction of sp³-hybridized carbons (Fsp3) is 0.0714. The Bertz CT molecular complexity index is 657. The first-order valence-corrected chi connectivity index (χ1v) is 5.78. The van der Waals surface area contributed by atoms with Crippen molar-refractivity contribution in [3.63, 3.8) is 0 Å². The van der Waals surface area contributed by atoms with Crippen molar-refractivity contribution >= 4 is 11.6 Å². The van der Waals surface area contributed by atoms with Gasteiger partial charge in [0.05, 0.1) is 5.71 Å². The summed E-state index contributed by atoms with van der Waals surface area (Å²) in [7, 11) is 0. The van der Waals surface area contributed by atoms with Gasteiger partial charge < -0.3 is 0 Å². The lowest BCUT2D eigenvalue weighted by atomic mass is 10.1. The van der Waals surface area contributed by atoms with E-state index in [0.29, 0.717) is 5.56 Å². The molecule has 1 N–H and O–H groups in total. The van der Waals surface area contributed by atoms with Gasteiger partial charge in [-0.25, -0.2) is 14.2 Å². The van der Waals surface area contributed by atoms with E-state index >= 15 is 0 Å². The number of pyridine rings is 1. The van der Waals surface area contributed by atoms with Crippen molar-refractivity contribution in [1.29, 1.82) is 0 Å². The number of carbonyl (C=O) groups is 1. The first kappa shape index (κ1) is 13.8. The van der Waals surface area contributed by atoms with Crippen LogP contribution in [0.25, 0.3) is 0 Å². The van der Waals surface area contributed by atoms with Crippen LogP contribution in [0.2, 0.25) is 0 Å². The summed E-state index contributed by atoms with van der Waals surface area (Å²) >= 11 is 0. The molecular weight excluding hydrogens is 264 g/mol. The quantitative estimate of drug-likeness (QED) is 0.691. The number of nitrogens with one attached hydrogen (secondary N) is 1. The Morgan fingerprint density at radius 3 is 2.60 bits per heavy atom. The number of aromatic nitrogens is 1. The van der Waals surface area contributed by atoms with Crippen LogP contribution in [0.5, 0.6) is 0 Å². The van der Waals surface area contributed by atoms with Crippen LogP contribution in [0.1, 0.15) is 22.8 Å². The van der Waals surface area contributed by atoms with E-state index in [1.165, 1.54) is 31.5 Å². The summed E-state index contributed by atoms with van der Waals surface area (Å²) in [5.74, 6) is -1.63. The molecule has 0 aliphatic rings. The molecule has 1 amide bonds. The second-order valence-corrected chi connectivity index (χ2v) is 4.00. The lowest BCUT2D eigenvalue weighted by Crippen LogP contribution is -2.19. The van der Waals surface area contributed by atoms with Crippen molar-refractivity contribution in [2.75, 3.05) is 0 Å². The average molecular weight is 275 g/mol. The molecule has 1 aromatic carbocycles. The van der Waals surface area contributed by atoms with Gasteiger partial charge in [-0.1, -0.05) is 0 Å². The molecule has 6 heteroatoms. The largest absolute Gasteiger partial charge is 0.271 e. The zero-order chi connectivity index (χ0) is 14.5. The van der Waals surface area contributed by atoms with E-state index in [-0.39, 0.29) is 11.3 Å². The van der Waals surface area contributed by atoms with Crippen LogP contribution in [0.4, 0.5) is 8.78 Å². The third kappa shape index (κ3) is 3.23. The summed E-state index contributed by atoms with van der Waals surface area (Å²) in [5.41, 5.74) is 2.82. The minimum Gasteiger partial charge on any atom is -0.267 e. The van der Waals surface area contributed by atoms with Crippen molar-refractivity contribution in [2.45, 2.75) is 6.92 Å². The zero-order valence-corrected chi connectivity index (χ0v) is 10.6. The highest BCUT2D eigenvalue weighted by molar-refractivity contribution is 6.01. The summed E-state index contributed by atoms with van der Waals surface area (Å²) in [6.45, 7) is 1.48. The number of carbonyl (C=O) groups excluding carboxylic acids is 1. The van der Waals surface area contributed by atoms with Crippen LogP contribution in [0, 0.1) is 11.6 Å². The van der Waals surface area contributed by atoms with Gasteiger partial charge in [0.2, 0.25) is 0 Å². The van der Waals surface area contributed by atoms with Crippen molar-refractivity contribution in [2.24, 2.45) is 5.10 Å². The highest BCUT2D eigenvalue weighted by Crippen LogP contribution is 2.10. The van der Waals surface area contributed by atoms with Crippen molar-refractivity contribution < 1.29 is 13.6 Å². The highest BCUT2D eigenvalue weighted by atomic mass is 19.1. The minimum absolute atomic E-state index is 0.0000262. The number of rotatable bonds is 3. The first-order valence-electron chi connectivity index (χ1n) is 5.78. The molecule has 0 bridgehead atoms.